The van der Waals surface area contributed by atoms with E-state index in [1.807, 2.05) is 0 Å². The molecule has 0 amide bonds. The van der Waals surface area contributed by atoms with Gasteiger partial charge in [0.2, 0.25) is 0 Å². The van der Waals surface area contributed by atoms with Gasteiger partial charge in [-0.15, -0.1) is 11.6 Å². The predicted octanol–water partition coefficient (Wildman–Crippen LogP) is 4.51. The SMILES string of the molecule is CCc1nn(CC)c(CNC2(CCl)CCCC(C)C2)c1Br. The minimum absolute atomic E-state index is 0.0912. The van der Waals surface area contributed by atoms with Crippen LogP contribution in [0.2, 0.25) is 0 Å². The first-order valence-corrected chi connectivity index (χ1v) is 9.43. The zero-order valence-corrected chi connectivity index (χ0v) is 15.7. The van der Waals surface area contributed by atoms with Crippen molar-refractivity contribution in [2.45, 2.75) is 71.5 Å². The van der Waals surface area contributed by atoms with Crippen LogP contribution in [0.15, 0.2) is 4.47 Å². The number of halogens is 2. The van der Waals surface area contributed by atoms with Crippen molar-refractivity contribution in [3.63, 3.8) is 0 Å². The fraction of sp³-hybridized carbons (Fsp3) is 0.812. The molecule has 0 saturated heterocycles. The van der Waals surface area contributed by atoms with Crippen molar-refractivity contribution in [3.05, 3.63) is 15.9 Å². The molecular formula is C16H27BrClN3. The third kappa shape index (κ3) is 3.83. The van der Waals surface area contributed by atoms with Crippen LogP contribution in [0.25, 0.3) is 0 Å². The van der Waals surface area contributed by atoms with Crippen LogP contribution in [-0.2, 0) is 19.5 Å². The molecule has 1 heterocycles. The van der Waals surface area contributed by atoms with Crippen LogP contribution in [-0.4, -0.2) is 21.2 Å². The van der Waals surface area contributed by atoms with E-state index in [0.717, 1.165) is 35.6 Å². The van der Waals surface area contributed by atoms with Gasteiger partial charge in [0.15, 0.2) is 0 Å². The topological polar surface area (TPSA) is 29.9 Å². The Kier molecular flexibility index (Phi) is 6.15. The first-order valence-electron chi connectivity index (χ1n) is 8.10. The van der Waals surface area contributed by atoms with Gasteiger partial charge in [0.1, 0.15) is 0 Å². The molecule has 1 aromatic heterocycles. The summed E-state index contributed by atoms with van der Waals surface area (Å²) in [7, 11) is 0. The van der Waals surface area contributed by atoms with E-state index in [-0.39, 0.29) is 5.54 Å². The number of hydrogen-bond donors (Lipinski definition) is 1. The molecular weight excluding hydrogens is 350 g/mol. The lowest BCUT2D eigenvalue weighted by Crippen LogP contribution is -2.50. The maximum Gasteiger partial charge on any atom is 0.0767 e. The van der Waals surface area contributed by atoms with E-state index >= 15 is 0 Å². The molecule has 21 heavy (non-hydrogen) atoms. The van der Waals surface area contributed by atoms with Gasteiger partial charge in [-0.2, -0.15) is 5.10 Å². The third-order valence-corrected chi connectivity index (χ3v) is 6.10. The van der Waals surface area contributed by atoms with Crippen LogP contribution in [0.4, 0.5) is 0 Å². The molecule has 5 heteroatoms. The highest BCUT2D eigenvalue weighted by Gasteiger charge is 2.34. The maximum atomic E-state index is 6.32. The third-order valence-electron chi connectivity index (χ3n) is 4.67. The molecule has 2 rings (SSSR count). The van der Waals surface area contributed by atoms with Crippen LogP contribution in [0, 0.1) is 5.92 Å². The zero-order chi connectivity index (χ0) is 15.5. The van der Waals surface area contributed by atoms with Gasteiger partial charge in [0.25, 0.3) is 0 Å². The molecule has 0 aromatic carbocycles. The van der Waals surface area contributed by atoms with Crippen LogP contribution >= 0.6 is 27.5 Å². The van der Waals surface area contributed by atoms with Gasteiger partial charge in [-0.3, -0.25) is 4.68 Å². The first kappa shape index (κ1) is 17.3. The lowest BCUT2D eigenvalue weighted by Gasteiger charge is -2.39. The summed E-state index contributed by atoms with van der Waals surface area (Å²) >= 11 is 10.0. The van der Waals surface area contributed by atoms with Gasteiger partial charge in [-0.25, -0.2) is 0 Å². The maximum absolute atomic E-state index is 6.32. The normalized spacial score (nSPS) is 26.2. The highest BCUT2D eigenvalue weighted by Crippen LogP contribution is 2.34. The summed E-state index contributed by atoms with van der Waals surface area (Å²) in [4.78, 5) is 0. The van der Waals surface area contributed by atoms with Crippen molar-refractivity contribution in [2.24, 2.45) is 5.92 Å². The molecule has 120 valence electrons. The number of rotatable bonds is 6. The molecule has 1 saturated carbocycles. The van der Waals surface area contributed by atoms with E-state index < -0.39 is 0 Å². The van der Waals surface area contributed by atoms with Gasteiger partial charge in [-0.1, -0.05) is 26.7 Å². The van der Waals surface area contributed by atoms with Gasteiger partial charge in [-0.05, 0) is 48.0 Å². The first-order chi connectivity index (χ1) is 10.0. The van der Waals surface area contributed by atoms with Crippen molar-refractivity contribution < 1.29 is 0 Å². The number of aromatic nitrogens is 2. The van der Waals surface area contributed by atoms with Gasteiger partial charge in [0, 0.05) is 24.5 Å². The minimum Gasteiger partial charge on any atom is -0.304 e. The Morgan fingerprint density at radius 2 is 2.24 bits per heavy atom. The molecule has 0 radical (unpaired) electrons. The molecule has 1 N–H and O–H groups in total. The van der Waals surface area contributed by atoms with Crippen LogP contribution < -0.4 is 5.32 Å². The van der Waals surface area contributed by atoms with E-state index in [1.165, 1.54) is 31.4 Å². The van der Waals surface area contributed by atoms with E-state index in [9.17, 15) is 0 Å². The second kappa shape index (κ2) is 7.47. The standard InChI is InChI=1S/C16H27BrClN3/c1-4-13-15(17)14(21(5-2)20-13)10-19-16(11-18)8-6-7-12(3)9-16/h12,19H,4-11H2,1-3H3. The summed E-state index contributed by atoms with van der Waals surface area (Å²) < 4.78 is 3.26. The molecule has 0 bridgehead atoms. The number of nitrogens with zero attached hydrogens (tertiary/aromatic N) is 2. The number of hydrogen-bond acceptors (Lipinski definition) is 2. The quantitative estimate of drug-likeness (QED) is 0.740. The average Bonchev–Trinajstić information content (AvgIpc) is 2.80. The fourth-order valence-electron chi connectivity index (χ4n) is 3.45. The summed E-state index contributed by atoms with van der Waals surface area (Å²) in [6.07, 6.45) is 5.92. The number of nitrogens with one attached hydrogen (secondary N) is 1. The monoisotopic (exact) mass is 375 g/mol. The largest absolute Gasteiger partial charge is 0.304 e. The predicted molar refractivity (Wildman–Crippen MR) is 92.9 cm³/mol. The van der Waals surface area contributed by atoms with Crippen molar-refractivity contribution in [2.75, 3.05) is 5.88 Å². The van der Waals surface area contributed by atoms with E-state index in [1.54, 1.807) is 0 Å². The second-order valence-electron chi connectivity index (χ2n) is 6.35. The highest BCUT2D eigenvalue weighted by atomic mass is 79.9. The second-order valence-corrected chi connectivity index (χ2v) is 7.41. The molecule has 2 atom stereocenters. The minimum atomic E-state index is 0.0912. The Labute approximate surface area is 141 Å². The number of alkyl halides is 1. The summed E-state index contributed by atoms with van der Waals surface area (Å²) in [5, 5.41) is 8.43. The van der Waals surface area contributed by atoms with Crippen LogP contribution in [0.3, 0.4) is 0 Å². The Balaban J connectivity index is 2.12. The van der Waals surface area contributed by atoms with Crippen molar-refractivity contribution in [1.82, 2.24) is 15.1 Å². The van der Waals surface area contributed by atoms with Crippen molar-refractivity contribution >= 4 is 27.5 Å². The van der Waals surface area contributed by atoms with Gasteiger partial charge < -0.3 is 5.32 Å². The molecule has 1 aliphatic rings. The summed E-state index contributed by atoms with van der Waals surface area (Å²) in [6, 6.07) is 0. The van der Waals surface area contributed by atoms with Gasteiger partial charge in [0.05, 0.1) is 15.9 Å². The summed E-state index contributed by atoms with van der Waals surface area (Å²) in [6.45, 7) is 8.36. The van der Waals surface area contributed by atoms with E-state index in [2.05, 4.69) is 51.8 Å². The molecule has 2 unspecified atom stereocenters. The number of aryl methyl sites for hydroxylation is 2. The molecule has 1 aromatic rings. The summed E-state index contributed by atoms with van der Waals surface area (Å²) in [5.74, 6) is 1.45. The fourth-order valence-corrected chi connectivity index (χ4v) is 4.49. The smallest absolute Gasteiger partial charge is 0.0767 e. The van der Waals surface area contributed by atoms with E-state index in [4.69, 9.17) is 11.6 Å². The van der Waals surface area contributed by atoms with Gasteiger partial charge >= 0.3 is 0 Å². The Bertz CT molecular complexity index is 474. The lowest BCUT2D eigenvalue weighted by molar-refractivity contribution is 0.206. The van der Waals surface area contributed by atoms with Crippen molar-refractivity contribution in [1.29, 1.82) is 0 Å². The molecule has 3 nitrogen and oxygen atoms in total. The molecule has 0 spiro atoms. The average molecular weight is 377 g/mol. The Morgan fingerprint density at radius 1 is 1.48 bits per heavy atom. The molecule has 1 aliphatic carbocycles. The van der Waals surface area contributed by atoms with Crippen LogP contribution in [0.5, 0.6) is 0 Å². The lowest BCUT2D eigenvalue weighted by atomic mass is 9.77. The zero-order valence-electron chi connectivity index (χ0n) is 13.4. The highest BCUT2D eigenvalue weighted by molar-refractivity contribution is 9.10. The Morgan fingerprint density at radius 3 is 2.81 bits per heavy atom. The van der Waals surface area contributed by atoms with Crippen molar-refractivity contribution in [3.8, 4) is 0 Å². The molecule has 0 aliphatic heterocycles. The Hall–Kier alpha value is -0.0600. The van der Waals surface area contributed by atoms with E-state index in [0.29, 0.717) is 5.88 Å². The van der Waals surface area contributed by atoms with Crippen LogP contribution in [0.1, 0.15) is 57.8 Å². The summed E-state index contributed by atoms with van der Waals surface area (Å²) in [5.41, 5.74) is 2.48. The molecule has 1 fully saturated rings.